The van der Waals surface area contributed by atoms with Gasteiger partial charge in [0.15, 0.2) is 0 Å². The van der Waals surface area contributed by atoms with E-state index in [-0.39, 0.29) is 0 Å². The second-order valence-electron chi connectivity index (χ2n) is 3.71. The van der Waals surface area contributed by atoms with Crippen LogP contribution in [0.3, 0.4) is 0 Å². The third-order valence-corrected chi connectivity index (χ3v) is 2.63. The molecule has 0 aliphatic rings. The summed E-state index contributed by atoms with van der Waals surface area (Å²) in [4.78, 5) is 0. The first-order valence-corrected chi connectivity index (χ1v) is 5.42. The molecule has 0 heterocycles. The Morgan fingerprint density at radius 2 is 1.81 bits per heavy atom. The average Bonchev–Trinajstić information content (AvgIpc) is 2.24. The van der Waals surface area contributed by atoms with Gasteiger partial charge in [-0.2, -0.15) is 0 Å². The number of aryl methyl sites for hydroxylation is 1. The van der Waals surface area contributed by atoms with Crippen molar-refractivity contribution in [1.82, 2.24) is 0 Å². The topological polar surface area (TPSA) is 38.0 Å². The van der Waals surface area contributed by atoms with Gasteiger partial charge in [0.1, 0.15) is 0 Å². The minimum atomic E-state index is 0.713. The molecular formula is C13H13ClN2. The maximum absolute atomic E-state index is 5.90. The first-order valence-electron chi connectivity index (χ1n) is 5.04. The van der Waals surface area contributed by atoms with Gasteiger partial charge in [0.05, 0.1) is 0 Å². The van der Waals surface area contributed by atoms with Crippen LogP contribution in [-0.2, 0) is 0 Å². The zero-order chi connectivity index (χ0) is 11.5. The summed E-state index contributed by atoms with van der Waals surface area (Å²) < 4.78 is 0. The summed E-state index contributed by atoms with van der Waals surface area (Å²) in [6.45, 7) is 1.98. The third kappa shape index (κ3) is 2.47. The molecule has 3 heteroatoms. The average molecular weight is 233 g/mol. The van der Waals surface area contributed by atoms with E-state index in [1.54, 1.807) is 0 Å². The van der Waals surface area contributed by atoms with E-state index in [0.717, 1.165) is 22.6 Å². The zero-order valence-corrected chi connectivity index (χ0v) is 9.75. The molecule has 2 aromatic rings. The van der Waals surface area contributed by atoms with E-state index < -0.39 is 0 Å². The molecule has 2 aromatic carbocycles. The summed E-state index contributed by atoms with van der Waals surface area (Å²) in [5, 5.41) is 3.96. The minimum Gasteiger partial charge on any atom is -0.398 e. The van der Waals surface area contributed by atoms with Gasteiger partial charge in [0.25, 0.3) is 0 Å². The Labute approximate surface area is 100 Å². The molecule has 0 aliphatic heterocycles. The monoisotopic (exact) mass is 232 g/mol. The van der Waals surface area contributed by atoms with Crippen molar-refractivity contribution in [3.05, 3.63) is 53.1 Å². The van der Waals surface area contributed by atoms with Gasteiger partial charge in [0.2, 0.25) is 0 Å². The summed E-state index contributed by atoms with van der Waals surface area (Å²) in [7, 11) is 0. The zero-order valence-electron chi connectivity index (χ0n) is 9.00. The van der Waals surface area contributed by atoms with Crippen molar-refractivity contribution >= 4 is 28.7 Å². The molecule has 0 amide bonds. The lowest BCUT2D eigenvalue weighted by molar-refractivity contribution is 1.45. The number of hydrogen-bond acceptors (Lipinski definition) is 2. The molecule has 0 bridgehead atoms. The molecule has 82 valence electrons. The van der Waals surface area contributed by atoms with Gasteiger partial charge in [-0.15, -0.1) is 0 Å². The van der Waals surface area contributed by atoms with Crippen LogP contribution in [0, 0.1) is 6.92 Å². The second kappa shape index (κ2) is 4.45. The molecule has 0 fully saturated rings. The minimum absolute atomic E-state index is 0.713. The number of benzene rings is 2. The largest absolute Gasteiger partial charge is 0.398 e. The van der Waals surface area contributed by atoms with Crippen LogP contribution < -0.4 is 11.1 Å². The maximum atomic E-state index is 5.90. The number of halogens is 1. The van der Waals surface area contributed by atoms with Gasteiger partial charge in [-0.1, -0.05) is 23.7 Å². The van der Waals surface area contributed by atoms with Gasteiger partial charge in [-0.3, -0.25) is 0 Å². The van der Waals surface area contributed by atoms with Gasteiger partial charge in [0, 0.05) is 22.1 Å². The van der Waals surface area contributed by atoms with Crippen LogP contribution in [0.25, 0.3) is 0 Å². The molecule has 0 aromatic heterocycles. The van der Waals surface area contributed by atoms with E-state index in [1.807, 2.05) is 49.4 Å². The Hall–Kier alpha value is -1.67. The Morgan fingerprint density at radius 1 is 1.06 bits per heavy atom. The summed E-state index contributed by atoms with van der Waals surface area (Å²) in [6.07, 6.45) is 0. The SMILES string of the molecule is Cc1ccc(Nc2cccc(Cl)c2)cc1N. The molecule has 0 radical (unpaired) electrons. The Kier molecular flexibility index (Phi) is 3.02. The predicted octanol–water partition coefficient (Wildman–Crippen LogP) is 3.97. The highest BCUT2D eigenvalue weighted by atomic mass is 35.5. The smallest absolute Gasteiger partial charge is 0.0426 e. The normalized spacial score (nSPS) is 10.1. The van der Waals surface area contributed by atoms with Crippen LogP contribution in [0.2, 0.25) is 5.02 Å². The molecule has 0 saturated carbocycles. The molecule has 16 heavy (non-hydrogen) atoms. The molecule has 0 spiro atoms. The number of hydrogen-bond donors (Lipinski definition) is 2. The summed E-state index contributed by atoms with van der Waals surface area (Å²) in [5.41, 5.74) is 9.62. The number of rotatable bonds is 2. The molecule has 3 N–H and O–H groups in total. The van der Waals surface area contributed by atoms with Crippen molar-refractivity contribution in [3.8, 4) is 0 Å². The second-order valence-corrected chi connectivity index (χ2v) is 4.14. The highest BCUT2D eigenvalue weighted by Gasteiger charge is 1.98. The van der Waals surface area contributed by atoms with Gasteiger partial charge < -0.3 is 11.1 Å². The van der Waals surface area contributed by atoms with Crippen LogP contribution in [0.15, 0.2) is 42.5 Å². The van der Waals surface area contributed by atoms with Gasteiger partial charge in [-0.05, 0) is 42.8 Å². The fraction of sp³-hybridized carbons (Fsp3) is 0.0769. The van der Waals surface area contributed by atoms with Crippen LogP contribution in [0.1, 0.15) is 5.56 Å². The summed E-state index contributed by atoms with van der Waals surface area (Å²) in [6, 6.07) is 13.5. The Bertz CT molecular complexity index is 509. The van der Waals surface area contributed by atoms with Crippen LogP contribution in [0.5, 0.6) is 0 Å². The van der Waals surface area contributed by atoms with E-state index in [2.05, 4.69) is 5.32 Å². The molecule has 0 atom stereocenters. The van der Waals surface area contributed by atoms with E-state index >= 15 is 0 Å². The lowest BCUT2D eigenvalue weighted by Crippen LogP contribution is -1.94. The fourth-order valence-electron chi connectivity index (χ4n) is 1.45. The van der Waals surface area contributed by atoms with E-state index in [9.17, 15) is 0 Å². The van der Waals surface area contributed by atoms with Crippen molar-refractivity contribution < 1.29 is 0 Å². The molecule has 0 aliphatic carbocycles. The number of nitrogens with one attached hydrogen (secondary N) is 1. The Morgan fingerprint density at radius 3 is 2.50 bits per heavy atom. The van der Waals surface area contributed by atoms with Crippen molar-refractivity contribution in [2.24, 2.45) is 0 Å². The van der Waals surface area contributed by atoms with Crippen molar-refractivity contribution in [2.45, 2.75) is 6.92 Å². The quantitative estimate of drug-likeness (QED) is 0.769. The molecule has 0 saturated heterocycles. The number of nitrogen functional groups attached to an aromatic ring is 1. The van der Waals surface area contributed by atoms with E-state index in [4.69, 9.17) is 17.3 Å². The lowest BCUT2D eigenvalue weighted by atomic mass is 10.2. The first-order chi connectivity index (χ1) is 7.65. The maximum Gasteiger partial charge on any atom is 0.0426 e. The summed E-state index contributed by atoms with van der Waals surface area (Å²) >= 11 is 5.90. The Balaban J connectivity index is 2.24. The first kappa shape index (κ1) is 10.8. The molecule has 2 nitrogen and oxygen atoms in total. The van der Waals surface area contributed by atoms with Crippen molar-refractivity contribution in [2.75, 3.05) is 11.1 Å². The number of nitrogens with two attached hydrogens (primary N) is 1. The van der Waals surface area contributed by atoms with Crippen LogP contribution >= 0.6 is 11.6 Å². The van der Waals surface area contributed by atoms with Crippen LogP contribution in [0.4, 0.5) is 17.1 Å². The standard InChI is InChI=1S/C13H13ClN2/c1-9-5-6-12(8-13(9)15)16-11-4-2-3-10(14)7-11/h2-8,16H,15H2,1H3. The fourth-order valence-corrected chi connectivity index (χ4v) is 1.64. The number of anilines is 3. The van der Waals surface area contributed by atoms with Gasteiger partial charge >= 0.3 is 0 Å². The van der Waals surface area contributed by atoms with Crippen LogP contribution in [-0.4, -0.2) is 0 Å². The van der Waals surface area contributed by atoms with E-state index in [0.29, 0.717) is 5.02 Å². The lowest BCUT2D eigenvalue weighted by Gasteiger charge is -2.08. The van der Waals surface area contributed by atoms with Gasteiger partial charge in [-0.25, -0.2) is 0 Å². The molecule has 0 unspecified atom stereocenters. The van der Waals surface area contributed by atoms with E-state index in [1.165, 1.54) is 0 Å². The summed E-state index contributed by atoms with van der Waals surface area (Å²) in [5.74, 6) is 0. The predicted molar refractivity (Wildman–Crippen MR) is 70.3 cm³/mol. The van der Waals surface area contributed by atoms with Crippen molar-refractivity contribution in [3.63, 3.8) is 0 Å². The third-order valence-electron chi connectivity index (χ3n) is 2.39. The highest BCUT2D eigenvalue weighted by molar-refractivity contribution is 6.30. The highest BCUT2D eigenvalue weighted by Crippen LogP contribution is 2.22. The molecule has 2 rings (SSSR count). The molecular weight excluding hydrogens is 220 g/mol. The van der Waals surface area contributed by atoms with Crippen molar-refractivity contribution in [1.29, 1.82) is 0 Å².